The first-order valence-corrected chi connectivity index (χ1v) is 14.0. The molecule has 3 aromatic rings. The highest BCUT2D eigenvalue weighted by atomic mass is 16.5. The van der Waals surface area contributed by atoms with Gasteiger partial charge < -0.3 is 24.8 Å². The molecule has 5 rings (SSSR count). The zero-order chi connectivity index (χ0) is 27.9. The van der Waals surface area contributed by atoms with Crippen molar-refractivity contribution in [3.8, 4) is 0 Å². The number of nitrogens with one attached hydrogen (secondary N) is 1. The quantitative estimate of drug-likeness (QED) is 0.485. The number of morpholine rings is 1. The van der Waals surface area contributed by atoms with E-state index in [4.69, 9.17) is 4.74 Å². The van der Waals surface area contributed by atoms with Gasteiger partial charge in [0, 0.05) is 56.2 Å². The topological polar surface area (TPSA) is 82.2 Å². The number of ether oxygens (including phenoxy) is 1. The first-order chi connectivity index (χ1) is 19.5. The largest absolute Gasteiger partial charge is 0.378 e. The van der Waals surface area contributed by atoms with Gasteiger partial charge in [-0.15, -0.1) is 0 Å². The van der Waals surface area contributed by atoms with E-state index in [1.165, 1.54) is 0 Å². The van der Waals surface area contributed by atoms with Crippen LogP contribution in [0.3, 0.4) is 0 Å². The maximum absolute atomic E-state index is 13.7. The summed E-state index contributed by atoms with van der Waals surface area (Å²) in [5.74, 6) is -0.312. The predicted octanol–water partition coefficient (Wildman–Crippen LogP) is 4.25. The molecule has 40 heavy (non-hydrogen) atoms. The Balaban J connectivity index is 1.34. The van der Waals surface area contributed by atoms with E-state index in [9.17, 15) is 14.4 Å². The smallest absolute Gasteiger partial charge is 0.256 e. The van der Waals surface area contributed by atoms with Crippen LogP contribution in [0, 0.1) is 0 Å². The SMILES string of the molecule is CCC(C(=O)N1CCN(c2ccc(NC(=O)c3ccccc3)cc2C(=O)N2CCOCC2)CC1)c1ccccc1. The summed E-state index contributed by atoms with van der Waals surface area (Å²) in [4.78, 5) is 45.8. The number of carbonyl (C=O) groups excluding carboxylic acids is 3. The maximum atomic E-state index is 13.7. The van der Waals surface area contributed by atoms with Crippen LogP contribution in [0.1, 0.15) is 45.5 Å². The fourth-order valence-corrected chi connectivity index (χ4v) is 5.42. The van der Waals surface area contributed by atoms with Crippen molar-refractivity contribution in [3.63, 3.8) is 0 Å². The summed E-state index contributed by atoms with van der Waals surface area (Å²) in [5.41, 5.74) is 3.52. The molecule has 3 amide bonds. The van der Waals surface area contributed by atoms with Gasteiger partial charge in [-0.3, -0.25) is 14.4 Å². The fraction of sp³-hybridized carbons (Fsp3) is 0.344. The first kappa shape index (κ1) is 27.4. The number of piperazine rings is 1. The van der Waals surface area contributed by atoms with Gasteiger partial charge in [-0.1, -0.05) is 55.5 Å². The van der Waals surface area contributed by atoms with Crippen molar-refractivity contribution < 1.29 is 19.1 Å². The van der Waals surface area contributed by atoms with Crippen LogP contribution in [-0.2, 0) is 9.53 Å². The highest BCUT2D eigenvalue weighted by molar-refractivity contribution is 6.06. The Kier molecular flexibility index (Phi) is 8.76. The third kappa shape index (κ3) is 6.18. The molecule has 2 saturated heterocycles. The number of hydrogen-bond donors (Lipinski definition) is 1. The number of anilines is 2. The summed E-state index contributed by atoms with van der Waals surface area (Å²) < 4.78 is 5.45. The summed E-state index contributed by atoms with van der Waals surface area (Å²) in [5, 5.41) is 2.94. The third-order valence-corrected chi connectivity index (χ3v) is 7.66. The molecule has 1 N–H and O–H groups in total. The van der Waals surface area contributed by atoms with Gasteiger partial charge in [0.15, 0.2) is 0 Å². The molecule has 8 nitrogen and oxygen atoms in total. The average Bonchev–Trinajstić information content (AvgIpc) is 3.02. The van der Waals surface area contributed by atoms with Crippen LogP contribution in [0.5, 0.6) is 0 Å². The van der Waals surface area contributed by atoms with E-state index in [1.54, 1.807) is 23.1 Å². The Bertz CT molecular complexity index is 1320. The Morgan fingerprint density at radius 1 is 0.800 bits per heavy atom. The molecule has 2 fully saturated rings. The Morgan fingerprint density at radius 2 is 1.45 bits per heavy atom. The van der Waals surface area contributed by atoms with Gasteiger partial charge in [0.05, 0.1) is 24.7 Å². The summed E-state index contributed by atoms with van der Waals surface area (Å²) in [7, 11) is 0. The second-order valence-corrected chi connectivity index (χ2v) is 10.1. The summed E-state index contributed by atoms with van der Waals surface area (Å²) >= 11 is 0. The second kappa shape index (κ2) is 12.8. The van der Waals surface area contributed by atoms with Crippen LogP contribution in [0.4, 0.5) is 11.4 Å². The summed E-state index contributed by atoms with van der Waals surface area (Å²) in [6.45, 7) is 6.52. The lowest BCUT2D eigenvalue weighted by molar-refractivity contribution is -0.133. The Morgan fingerprint density at radius 3 is 2.10 bits per heavy atom. The molecule has 2 aliphatic heterocycles. The highest BCUT2D eigenvalue weighted by Gasteiger charge is 2.30. The van der Waals surface area contributed by atoms with E-state index in [0.29, 0.717) is 69.3 Å². The van der Waals surface area contributed by atoms with E-state index in [2.05, 4.69) is 10.2 Å². The molecule has 0 aliphatic carbocycles. The van der Waals surface area contributed by atoms with Crippen molar-refractivity contribution >= 4 is 29.1 Å². The lowest BCUT2D eigenvalue weighted by atomic mass is 9.94. The van der Waals surface area contributed by atoms with Crippen molar-refractivity contribution in [2.75, 3.05) is 62.7 Å². The second-order valence-electron chi connectivity index (χ2n) is 10.1. The minimum atomic E-state index is -0.228. The van der Waals surface area contributed by atoms with E-state index in [0.717, 1.165) is 17.7 Å². The Labute approximate surface area is 235 Å². The molecule has 1 unspecified atom stereocenters. The number of nitrogens with zero attached hydrogens (tertiary/aromatic N) is 3. The average molecular weight is 541 g/mol. The van der Waals surface area contributed by atoms with Gasteiger partial charge in [-0.2, -0.15) is 0 Å². The van der Waals surface area contributed by atoms with E-state index in [-0.39, 0.29) is 23.6 Å². The molecule has 0 saturated carbocycles. The molecule has 2 heterocycles. The van der Waals surface area contributed by atoms with Crippen molar-refractivity contribution in [2.24, 2.45) is 0 Å². The summed E-state index contributed by atoms with van der Waals surface area (Å²) in [6, 6.07) is 24.5. The van der Waals surface area contributed by atoms with Crippen LogP contribution in [0.25, 0.3) is 0 Å². The number of hydrogen-bond acceptors (Lipinski definition) is 5. The van der Waals surface area contributed by atoms with Crippen LogP contribution in [0.2, 0.25) is 0 Å². The van der Waals surface area contributed by atoms with Gasteiger partial charge in [0.1, 0.15) is 0 Å². The number of rotatable bonds is 7. The van der Waals surface area contributed by atoms with Crippen molar-refractivity contribution in [1.29, 1.82) is 0 Å². The lowest BCUT2D eigenvalue weighted by Crippen LogP contribution is -2.50. The van der Waals surface area contributed by atoms with Gasteiger partial charge in [-0.25, -0.2) is 0 Å². The zero-order valence-electron chi connectivity index (χ0n) is 22.9. The van der Waals surface area contributed by atoms with Crippen molar-refractivity contribution in [3.05, 3.63) is 95.6 Å². The molecular weight excluding hydrogens is 504 g/mol. The van der Waals surface area contributed by atoms with Gasteiger partial charge in [0.2, 0.25) is 5.91 Å². The predicted molar refractivity (Wildman–Crippen MR) is 156 cm³/mol. The molecule has 3 aromatic carbocycles. The minimum Gasteiger partial charge on any atom is -0.378 e. The maximum Gasteiger partial charge on any atom is 0.256 e. The fourth-order valence-electron chi connectivity index (χ4n) is 5.42. The number of benzene rings is 3. The standard InChI is InChI=1S/C32H36N4O4/c1-2-27(24-9-5-3-6-10-24)31(38)35-17-15-34(16-18-35)29-14-13-26(33-30(37)25-11-7-4-8-12-25)23-28(29)32(39)36-19-21-40-22-20-36/h3-14,23,27H,2,15-22H2,1H3,(H,33,37). The lowest BCUT2D eigenvalue weighted by Gasteiger charge is -2.38. The van der Waals surface area contributed by atoms with Crippen LogP contribution in [-0.4, -0.2) is 80.0 Å². The molecule has 0 spiro atoms. The van der Waals surface area contributed by atoms with Gasteiger partial charge in [0.25, 0.3) is 11.8 Å². The van der Waals surface area contributed by atoms with Crippen molar-refractivity contribution in [2.45, 2.75) is 19.3 Å². The molecule has 2 aliphatic rings. The van der Waals surface area contributed by atoms with Gasteiger partial charge in [-0.05, 0) is 42.3 Å². The van der Waals surface area contributed by atoms with Crippen LogP contribution >= 0.6 is 0 Å². The highest BCUT2D eigenvalue weighted by Crippen LogP contribution is 2.29. The third-order valence-electron chi connectivity index (χ3n) is 7.66. The van der Waals surface area contributed by atoms with Crippen molar-refractivity contribution in [1.82, 2.24) is 9.80 Å². The molecule has 0 aromatic heterocycles. The minimum absolute atomic E-state index is 0.0808. The molecule has 1 atom stereocenters. The molecule has 208 valence electrons. The number of carbonyl (C=O) groups is 3. The Hall–Kier alpha value is -4.17. The normalized spacial score (nSPS) is 16.4. The molecule has 0 radical (unpaired) electrons. The summed E-state index contributed by atoms with van der Waals surface area (Å²) in [6.07, 6.45) is 0.747. The monoisotopic (exact) mass is 540 g/mol. The molecule has 0 bridgehead atoms. The van der Waals surface area contributed by atoms with E-state index < -0.39 is 0 Å². The van der Waals surface area contributed by atoms with Crippen LogP contribution in [0.15, 0.2) is 78.9 Å². The first-order valence-electron chi connectivity index (χ1n) is 14.0. The van der Waals surface area contributed by atoms with Gasteiger partial charge >= 0.3 is 0 Å². The molecular formula is C32H36N4O4. The zero-order valence-corrected chi connectivity index (χ0v) is 22.9. The van der Waals surface area contributed by atoms with E-state index >= 15 is 0 Å². The van der Waals surface area contributed by atoms with E-state index in [1.807, 2.05) is 72.5 Å². The number of amides is 3. The van der Waals surface area contributed by atoms with Crippen LogP contribution < -0.4 is 10.2 Å². The molecule has 8 heteroatoms.